The molecule has 0 amide bonds. The fraction of sp³-hybridized carbons (Fsp3) is 0.696. The molecular formula is C23H39FN4O2. The van der Waals surface area contributed by atoms with Crippen LogP contribution in [0.3, 0.4) is 0 Å². The van der Waals surface area contributed by atoms with Crippen LogP contribution in [-0.2, 0) is 4.79 Å². The Bertz CT molecular complexity index is 631. The number of Topliss-reactive ketones (excluding diaryl/α,β-unsaturated/α-hetero) is 1. The van der Waals surface area contributed by atoms with Crippen LogP contribution in [-0.4, -0.2) is 79.0 Å². The largest absolute Gasteiger partial charge is 0.356 e. The number of carbonyl (C=O) groups is 2. The van der Waals surface area contributed by atoms with Gasteiger partial charge in [-0.1, -0.05) is 27.7 Å². The monoisotopic (exact) mass is 422 g/mol. The molecule has 0 saturated carbocycles. The molecule has 2 saturated heterocycles. The van der Waals surface area contributed by atoms with Gasteiger partial charge < -0.3 is 9.80 Å². The van der Waals surface area contributed by atoms with Crippen LogP contribution in [0.25, 0.3) is 0 Å². The van der Waals surface area contributed by atoms with E-state index in [0.29, 0.717) is 11.5 Å². The summed E-state index contributed by atoms with van der Waals surface area (Å²) < 4.78 is 12.5. The first kappa shape index (κ1) is 26.2. The van der Waals surface area contributed by atoms with Gasteiger partial charge in [0.2, 0.25) is 0 Å². The van der Waals surface area contributed by atoms with Crippen LogP contribution in [0, 0.1) is 5.92 Å². The maximum atomic E-state index is 12.5. The summed E-state index contributed by atoms with van der Waals surface area (Å²) in [7, 11) is 0. The van der Waals surface area contributed by atoms with E-state index in [-0.39, 0.29) is 12.3 Å². The molecular weight excluding hydrogens is 383 g/mol. The van der Waals surface area contributed by atoms with Crippen molar-refractivity contribution in [2.24, 2.45) is 5.92 Å². The average Bonchev–Trinajstić information content (AvgIpc) is 3.25. The standard InChI is InChI=1S/C19H27FN4O2.2C2H6/c1-15(25)17-2-3-19(21-12-17)24-7-5-16(13-24)4-6-22-8-10-23(11-9-22)14-18(20)26;2*1-2/h2-3,12,16H,4-11,13-14H2,1H3;2*1-2H3. The average molecular weight is 423 g/mol. The fourth-order valence-corrected chi connectivity index (χ4v) is 3.77. The maximum Gasteiger partial charge on any atom is 0.315 e. The van der Waals surface area contributed by atoms with Crippen LogP contribution >= 0.6 is 0 Å². The molecule has 0 aromatic carbocycles. The van der Waals surface area contributed by atoms with E-state index in [1.54, 1.807) is 13.1 Å². The molecule has 0 aliphatic carbocycles. The van der Waals surface area contributed by atoms with Crippen LogP contribution in [0.5, 0.6) is 0 Å². The van der Waals surface area contributed by atoms with Crippen LogP contribution in [0.15, 0.2) is 18.3 Å². The van der Waals surface area contributed by atoms with Gasteiger partial charge in [-0.15, -0.1) is 0 Å². The van der Waals surface area contributed by atoms with Gasteiger partial charge in [-0.3, -0.25) is 14.5 Å². The van der Waals surface area contributed by atoms with Gasteiger partial charge in [0.1, 0.15) is 5.82 Å². The highest BCUT2D eigenvalue weighted by Crippen LogP contribution is 2.24. The number of anilines is 1. The van der Waals surface area contributed by atoms with Crippen LogP contribution < -0.4 is 4.90 Å². The molecule has 170 valence electrons. The van der Waals surface area contributed by atoms with E-state index in [9.17, 15) is 14.0 Å². The molecule has 0 spiro atoms. The second-order valence-corrected chi connectivity index (χ2v) is 7.32. The number of nitrogens with zero attached hydrogens (tertiary/aromatic N) is 4. The van der Waals surface area contributed by atoms with E-state index in [1.165, 1.54) is 0 Å². The Morgan fingerprint density at radius 2 is 1.67 bits per heavy atom. The molecule has 2 fully saturated rings. The number of ketones is 1. The number of halogens is 1. The SMILES string of the molecule is CC.CC.CC(=O)c1ccc(N2CCC(CCN3CCN(CC(=O)F)CC3)C2)nc1. The van der Waals surface area contributed by atoms with Crippen molar-refractivity contribution in [2.45, 2.75) is 47.5 Å². The summed E-state index contributed by atoms with van der Waals surface area (Å²) in [6, 6.07) is 2.54. The molecule has 30 heavy (non-hydrogen) atoms. The highest BCUT2D eigenvalue weighted by molar-refractivity contribution is 5.93. The highest BCUT2D eigenvalue weighted by Gasteiger charge is 2.25. The Labute approximate surface area is 181 Å². The van der Waals surface area contributed by atoms with Crippen molar-refractivity contribution >= 4 is 17.6 Å². The Morgan fingerprint density at radius 3 is 2.20 bits per heavy atom. The van der Waals surface area contributed by atoms with Gasteiger partial charge in [0.15, 0.2) is 5.78 Å². The molecule has 1 atom stereocenters. The molecule has 1 aromatic heterocycles. The Morgan fingerprint density at radius 1 is 1.03 bits per heavy atom. The van der Waals surface area contributed by atoms with E-state index in [0.717, 1.165) is 64.5 Å². The molecule has 7 heteroatoms. The number of hydrogen-bond donors (Lipinski definition) is 0. The zero-order valence-electron chi connectivity index (χ0n) is 19.4. The van der Waals surface area contributed by atoms with Gasteiger partial charge >= 0.3 is 6.04 Å². The number of rotatable bonds is 7. The van der Waals surface area contributed by atoms with Crippen molar-refractivity contribution in [1.29, 1.82) is 0 Å². The minimum absolute atomic E-state index is 0.0410. The number of aromatic nitrogens is 1. The third-order valence-electron chi connectivity index (χ3n) is 5.43. The maximum absolute atomic E-state index is 12.5. The third-order valence-corrected chi connectivity index (χ3v) is 5.43. The summed E-state index contributed by atoms with van der Waals surface area (Å²) in [6.07, 6.45) is 3.96. The topological polar surface area (TPSA) is 56.8 Å². The summed E-state index contributed by atoms with van der Waals surface area (Å²) in [5.74, 6) is 1.64. The first-order valence-corrected chi connectivity index (χ1v) is 11.4. The lowest BCUT2D eigenvalue weighted by atomic mass is 10.0. The van der Waals surface area contributed by atoms with Gasteiger partial charge in [0.25, 0.3) is 0 Å². The van der Waals surface area contributed by atoms with Gasteiger partial charge in [-0.2, -0.15) is 4.39 Å². The van der Waals surface area contributed by atoms with Crippen LogP contribution in [0.1, 0.15) is 57.8 Å². The van der Waals surface area contributed by atoms with Gasteiger partial charge in [-0.05, 0) is 44.4 Å². The van der Waals surface area contributed by atoms with Crippen molar-refractivity contribution in [3.05, 3.63) is 23.9 Å². The smallest absolute Gasteiger partial charge is 0.315 e. The molecule has 3 heterocycles. The van der Waals surface area contributed by atoms with E-state index in [1.807, 2.05) is 44.7 Å². The Balaban J connectivity index is 0.00000106. The van der Waals surface area contributed by atoms with E-state index >= 15 is 0 Å². The predicted octanol–water partition coefficient (Wildman–Crippen LogP) is 3.67. The second kappa shape index (κ2) is 14.2. The predicted molar refractivity (Wildman–Crippen MR) is 121 cm³/mol. The Kier molecular flexibility index (Phi) is 12.4. The number of pyridine rings is 1. The zero-order valence-corrected chi connectivity index (χ0v) is 19.4. The van der Waals surface area contributed by atoms with E-state index in [4.69, 9.17) is 0 Å². The van der Waals surface area contributed by atoms with Crippen LogP contribution in [0.4, 0.5) is 10.2 Å². The van der Waals surface area contributed by atoms with Gasteiger partial charge in [0, 0.05) is 51.0 Å². The molecule has 6 nitrogen and oxygen atoms in total. The molecule has 0 radical (unpaired) electrons. The molecule has 0 bridgehead atoms. The van der Waals surface area contributed by atoms with Crippen molar-refractivity contribution < 1.29 is 14.0 Å². The number of piperazine rings is 1. The summed E-state index contributed by atoms with van der Waals surface area (Å²) in [6.45, 7) is 15.9. The summed E-state index contributed by atoms with van der Waals surface area (Å²) in [5, 5.41) is 0. The number of hydrogen-bond acceptors (Lipinski definition) is 6. The highest BCUT2D eigenvalue weighted by atomic mass is 19.1. The van der Waals surface area contributed by atoms with Crippen LogP contribution in [0.2, 0.25) is 0 Å². The van der Waals surface area contributed by atoms with E-state index < -0.39 is 6.04 Å². The summed E-state index contributed by atoms with van der Waals surface area (Å²) >= 11 is 0. The number of carbonyl (C=O) groups excluding carboxylic acids is 2. The lowest BCUT2D eigenvalue weighted by Crippen LogP contribution is -2.47. The lowest BCUT2D eigenvalue weighted by Gasteiger charge is -2.34. The Hall–Kier alpha value is -1.86. The fourth-order valence-electron chi connectivity index (χ4n) is 3.77. The first-order chi connectivity index (χ1) is 14.5. The van der Waals surface area contributed by atoms with Crippen molar-refractivity contribution in [3.8, 4) is 0 Å². The molecule has 1 aromatic rings. The molecule has 0 N–H and O–H groups in total. The van der Waals surface area contributed by atoms with Crippen molar-refractivity contribution in [2.75, 3.05) is 57.3 Å². The van der Waals surface area contributed by atoms with Gasteiger partial charge in [-0.25, -0.2) is 4.98 Å². The normalized spacial score (nSPS) is 19.4. The summed E-state index contributed by atoms with van der Waals surface area (Å²) in [4.78, 5) is 32.9. The quantitative estimate of drug-likeness (QED) is 0.494. The summed E-state index contributed by atoms with van der Waals surface area (Å²) in [5.41, 5.74) is 0.651. The minimum Gasteiger partial charge on any atom is -0.356 e. The van der Waals surface area contributed by atoms with Gasteiger partial charge in [0.05, 0.1) is 6.54 Å². The second-order valence-electron chi connectivity index (χ2n) is 7.32. The third kappa shape index (κ3) is 8.48. The molecule has 2 aliphatic rings. The van der Waals surface area contributed by atoms with Crippen molar-refractivity contribution in [1.82, 2.24) is 14.8 Å². The van der Waals surface area contributed by atoms with Crippen molar-refractivity contribution in [3.63, 3.8) is 0 Å². The molecule has 1 unspecified atom stereocenters. The first-order valence-electron chi connectivity index (χ1n) is 11.4. The molecule has 3 rings (SSSR count). The minimum atomic E-state index is -1.24. The zero-order chi connectivity index (χ0) is 22.5. The lowest BCUT2D eigenvalue weighted by molar-refractivity contribution is -0.130. The molecule has 2 aliphatic heterocycles. The van der Waals surface area contributed by atoms with E-state index in [2.05, 4.69) is 14.8 Å².